The van der Waals surface area contributed by atoms with E-state index < -0.39 is 0 Å². The smallest absolute Gasteiger partial charge is 0.241 e. The Morgan fingerprint density at radius 3 is 3.05 bits per heavy atom. The van der Waals surface area contributed by atoms with E-state index in [9.17, 15) is 0 Å². The lowest BCUT2D eigenvalue weighted by Gasteiger charge is -2.30. The van der Waals surface area contributed by atoms with Crippen molar-refractivity contribution in [2.75, 3.05) is 19.6 Å². The molecule has 2 heterocycles. The highest BCUT2D eigenvalue weighted by atomic mass is 16.5. The van der Waals surface area contributed by atoms with Crippen LogP contribution in [-0.2, 0) is 6.54 Å². The lowest BCUT2D eigenvalue weighted by atomic mass is 10.1. The molecule has 5 heteroatoms. The second-order valence-corrected chi connectivity index (χ2v) is 5.42. The van der Waals surface area contributed by atoms with Crippen molar-refractivity contribution in [1.29, 1.82) is 0 Å². The van der Waals surface area contributed by atoms with Gasteiger partial charge in [0.2, 0.25) is 11.7 Å². The molecule has 1 atom stereocenters. The van der Waals surface area contributed by atoms with Crippen molar-refractivity contribution in [3.63, 3.8) is 0 Å². The van der Waals surface area contributed by atoms with Crippen molar-refractivity contribution in [3.8, 4) is 11.4 Å². The van der Waals surface area contributed by atoms with Crippen LogP contribution in [0, 0.1) is 6.92 Å². The molecule has 0 amide bonds. The second-order valence-electron chi connectivity index (χ2n) is 5.42. The van der Waals surface area contributed by atoms with Crippen LogP contribution in [0.1, 0.15) is 18.4 Å². The molecular formula is C15H20N4O. The molecule has 3 rings (SSSR count). The monoisotopic (exact) mass is 272 g/mol. The van der Waals surface area contributed by atoms with Gasteiger partial charge in [0.1, 0.15) is 0 Å². The van der Waals surface area contributed by atoms with E-state index in [0.717, 1.165) is 37.3 Å². The fourth-order valence-corrected chi connectivity index (χ4v) is 2.60. The number of aromatic nitrogens is 2. The van der Waals surface area contributed by atoms with E-state index in [1.54, 1.807) is 0 Å². The third kappa shape index (κ3) is 2.89. The zero-order chi connectivity index (χ0) is 13.9. The van der Waals surface area contributed by atoms with Crippen LogP contribution in [0.25, 0.3) is 11.4 Å². The molecule has 0 spiro atoms. The summed E-state index contributed by atoms with van der Waals surface area (Å²) in [5.41, 5.74) is 2.20. The molecule has 106 valence electrons. The third-order valence-corrected chi connectivity index (χ3v) is 3.67. The minimum atomic E-state index is 0.516. The van der Waals surface area contributed by atoms with Gasteiger partial charge >= 0.3 is 0 Å². The van der Waals surface area contributed by atoms with Crippen molar-refractivity contribution in [3.05, 3.63) is 35.7 Å². The number of hydrogen-bond acceptors (Lipinski definition) is 5. The SMILES string of the molecule is Cc1ccccc1-c1noc(CN2CCN[C@H](C)C2)n1. The van der Waals surface area contributed by atoms with E-state index in [4.69, 9.17) is 4.52 Å². The summed E-state index contributed by atoms with van der Waals surface area (Å²) in [5.74, 6) is 1.37. The van der Waals surface area contributed by atoms with E-state index >= 15 is 0 Å². The largest absolute Gasteiger partial charge is 0.338 e. The molecule has 0 saturated carbocycles. The molecule has 20 heavy (non-hydrogen) atoms. The fourth-order valence-electron chi connectivity index (χ4n) is 2.60. The summed E-state index contributed by atoms with van der Waals surface area (Å²) in [6, 6.07) is 8.61. The summed E-state index contributed by atoms with van der Waals surface area (Å²) >= 11 is 0. The highest BCUT2D eigenvalue weighted by Crippen LogP contribution is 2.20. The minimum absolute atomic E-state index is 0.516. The molecule has 1 N–H and O–H groups in total. The third-order valence-electron chi connectivity index (χ3n) is 3.67. The molecule has 1 aromatic carbocycles. The number of hydrogen-bond donors (Lipinski definition) is 1. The zero-order valence-corrected chi connectivity index (χ0v) is 12.0. The highest BCUT2D eigenvalue weighted by Gasteiger charge is 2.18. The Bertz CT molecular complexity index is 581. The van der Waals surface area contributed by atoms with Crippen molar-refractivity contribution in [1.82, 2.24) is 20.4 Å². The normalized spacial score (nSPS) is 20.2. The fraction of sp³-hybridized carbons (Fsp3) is 0.467. The maximum atomic E-state index is 5.39. The number of benzene rings is 1. The molecule has 2 aromatic rings. The quantitative estimate of drug-likeness (QED) is 0.924. The minimum Gasteiger partial charge on any atom is -0.338 e. The summed E-state index contributed by atoms with van der Waals surface area (Å²) in [5, 5.41) is 7.53. The molecule has 5 nitrogen and oxygen atoms in total. The van der Waals surface area contributed by atoms with Crippen LogP contribution < -0.4 is 5.32 Å². The topological polar surface area (TPSA) is 54.2 Å². The second kappa shape index (κ2) is 5.73. The van der Waals surface area contributed by atoms with Gasteiger partial charge in [-0.1, -0.05) is 29.4 Å². The molecule has 1 aliphatic heterocycles. The molecule has 0 bridgehead atoms. The van der Waals surface area contributed by atoms with Gasteiger partial charge in [-0.2, -0.15) is 4.98 Å². The first kappa shape index (κ1) is 13.3. The number of rotatable bonds is 3. The summed E-state index contributed by atoms with van der Waals surface area (Å²) < 4.78 is 5.39. The number of nitrogens with zero attached hydrogens (tertiary/aromatic N) is 3. The number of nitrogens with one attached hydrogen (secondary N) is 1. The van der Waals surface area contributed by atoms with Gasteiger partial charge in [0, 0.05) is 31.2 Å². The van der Waals surface area contributed by atoms with E-state index in [0.29, 0.717) is 17.8 Å². The van der Waals surface area contributed by atoms with Gasteiger partial charge in [0.05, 0.1) is 6.54 Å². The van der Waals surface area contributed by atoms with E-state index in [1.165, 1.54) is 0 Å². The Balaban J connectivity index is 1.72. The molecule has 1 aromatic heterocycles. The Kier molecular flexibility index (Phi) is 3.80. The van der Waals surface area contributed by atoms with Crippen LogP contribution in [-0.4, -0.2) is 40.7 Å². The predicted molar refractivity (Wildman–Crippen MR) is 77.2 cm³/mol. The van der Waals surface area contributed by atoms with Gasteiger partial charge < -0.3 is 9.84 Å². The Morgan fingerprint density at radius 2 is 2.25 bits per heavy atom. The van der Waals surface area contributed by atoms with Crippen LogP contribution in [0.5, 0.6) is 0 Å². The first-order valence-electron chi connectivity index (χ1n) is 7.06. The molecule has 0 aliphatic carbocycles. The summed E-state index contributed by atoms with van der Waals surface area (Å²) in [6.07, 6.45) is 0. The average molecular weight is 272 g/mol. The van der Waals surface area contributed by atoms with Crippen LogP contribution in [0.3, 0.4) is 0 Å². The molecule has 1 fully saturated rings. The maximum Gasteiger partial charge on any atom is 0.241 e. The zero-order valence-electron chi connectivity index (χ0n) is 12.0. The van der Waals surface area contributed by atoms with E-state index in [2.05, 4.69) is 40.3 Å². The van der Waals surface area contributed by atoms with Crippen molar-refractivity contribution in [2.45, 2.75) is 26.4 Å². The first-order valence-corrected chi connectivity index (χ1v) is 7.06. The predicted octanol–water partition coefficient (Wildman–Crippen LogP) is 1.84. The van der Waals surface area contributed by atoms with Gasteiger partial charge in [-0.25, -0.2) is 0 Å². The average Bonchev–Trinajstić information content (AvgIpc) is 2.87. The Labute approximate surface area is 119 Å². The number of piperazine rings is 1. The van der Waals surface area contributed by atoms with Crippen molar-refractivity contribution < 1.29 is 4.52 Å². The Hall–Kier alpha value is -1.72. The van der Waals surface area contributed by atoms with Crippen molar-refractivity contribution in [2.24, 2.45) is 0 Å². The van der Waals surface area contributed by atoms with E-state index in [-0.39, 0.29) is 0 Å². The van der Waals surface area contributed by atoms with Gasteiger partial charge in [-0.15, -0.1) is 0 Å². The lowest BCUT2D eigenvalue weighted by molar-refractivity contribution is 0.177. The van der Waals surface area contributed by atoms with Crippen LogP contribution in [0.2, 0.25) is 0 Å². The van der Waals surface area contributed by atoms with Gasteiger partial charge in [-0.05, 0) is 19.4 Å². The molecule has 1 saturated heterocycles. The molecule has 1 aliphatic rings. The molecule has 0 radical (unpaired) electrons. The molecule has 0 unspecified atom stereocenters. The molecular weight excluding hydrogens is 252 g/mol. The lowest BCUT2D eigenvalue weighted by Crippen LogP contribution is -2.48. The van der Waals surface area contributed by atoms with Gasteiger partial charge in [-0.3, -0.25) is 4.90 Å². The summed E-state index contributed by atoms with van der Waals surface area (Å²) in [4.78, 5) is 6.86. The van der Waals surface area contributed by atoms with Crippen LogP contribution >= 0.6 is 0 Å². The van der Waals surface area contributed by atoms with Crippen LogP contribution in [0.4, 0.5) is 0 Å². The summed E-state index contributed by atoms with van der Waals surface area (Å²) in [6.45, 7) is 8.03. The maximum absolute atomic E-state index is 5.39. The van der Waals surface area contributed by atoms with Crippen LogP contribution in [0.15, 0.2) is 28.8 Å². The number of aryl methyl sites for hydroxylation is 1. The summed E-state index contributed by atoms with van der Waals surface area (Å²) in [7, 11) is 0. The Morgan fingerprint density at radius 1 is 1.40 bits per heavy atom. The van der Waals surface area contributed by atoms with E-state index in [1.807, 2.05) is 18.2 Å². The highest BCUT2D eigenvalue weighted by molar-refractivity contribution is 5.58. The standard InChI is InChI=1S/C15H20N4O/c1-11-5-3-4-6-13(11)15-17-14(20-18-15)10-19-8-7-16-12(2)9-19/h3-6,12,16H,7-10H2,1-2H3/t12-/m1/s1. The van der Waals surface area contributed by atoms with Gasteiger partial charge in [0.25, 0.3) is 0 Å². The van der Waals surface area contributed by atoms with Crippen molar-refractivity contribution >= 4 is 0 Å². The first-order chi connectivity index (χ1) is 9.72. The van der Waals surface area contributed by atoms with Gasteiger partial charge in [0.15, 0.2) is 0 Å².